The Labute approximate surface area is 106 Å². The quantitative estimate of drug-likeness (QED) is 0.828. The predicted octanol–water partition coefficient (Wildman–Crippen LogP) is 3.91. The molecule has 2 unspecified atom stereocenters. The van der Waals surface area contributed by atoms with Gasteiger partial charge in [-0.2, -0.15) is 0 Å². The van der Waals surface area contributed by atoms with Crippen LogP contribution in [0.1, 0.15) is 43.7 Å². The maximum atomic E-state index is 3.62. The van der Waals surface area contributed by atoms with Gasteiger partial charge in [-0.1, -0.05) is 49.6 Å². The molecule has 1 aromatic carbocycles. The van der Waals surface area contributed by atoms with Crippen molar-refractivity contribution in [2.24, 2.45) is 11.8 Å². The van der Waals surface area contributed by atoms with Crippen molar-refractivity contribution in [1.82, 2.24) is 5.32 Å². The zero-order valence-electron chi connectivity index (χ0n) is 11.2. The first-order valence-electron chi connectivity index (χ1n) is 7.00. The lowest BCUT2D eigenvalue weighted by Gasteiger charge is -2.26. The largest absolute Gasteiger partial charge is 0.312 e. The summed E-state index contributed by atoms with van der Waals surface area (Å²) in [7, 11) is 0. The van der Waals surface area contributed by atoms with E-state index in [1.807, 2.05) is 0 Å². The van der Waals surface area contributed by atoms with E-state index in [0.29, 0.717) is 0 Å². The highest BCUT2D eigenvalue weighted by molar-refractivity contribution is 5.21. The van der Waals surface area contributed by atoms with Crippen molar-refractivity contribution in [2.75, 3.05) is 6.54 Å². The molecule has 0 heterocycles. The molecule has 1 aliphatic carbocycles. The molecule has 0 aliphatic heterocycles. The molecule has 17 heavy (non-hydrogen) atoms. The Bertz CT molecular complexity index is 345. The van der Waals surface area contributed by atoms with E-state index in [1.165, 1.54) is 43.4 Å². The zero-order valence-corrected chi connectivity index (χ0v) is 11.2. The van der Waals surface area contributed by atoms with Crippen LogP contribution < -0.4 is 5.32 Å². The van der Waals surface area contributed by atoms with E-state index in [9.17, 15) is 0 Å². The van der Waals surface area contributed by atoms with E-state index in [-0.39, 0.29) is 0 Å². The van der Waals surface area contributed by atoms with Crippen LogP contribution in [0.5, 0.6) is 0 Å². The Kier molecular flexibility index (Phi) is 4.61. The zero-order chi connectivity index (χ0) is 12.1. The average molecular weight is 231 g/mol. The molecule has 1 fully saturated rings. The lowest BCUT2D eigenvalue weighted by Crippen LogP contribution is -2.26. The third kappa shape index (κ3) is 4.16. The number of rotatable bonds is 4. The summed E-state index contributed by atoms with van der Waals surface area (Å²) >= 11 is 0. The molecule has 1 N–H and O–H groups in total. The molecule has 0 amide bonds. The first kappa shape index (κ1) is 12.6. The normalized spacial score (nSPS) is 24.8. The fraction of sp³-hybridized carbons (Fsp3) is 0.625. The van der Waals surface area contributed by atoms with Crippen LogP contribution in [0.25, 0.3) is 0 Å². The first-order valence-corrected chi connectivity index (χ1v) is 7.00. The van der Waals surface area contributed by atoms with Gasteiger partial charge in [0, 0.05) is 6.54 Å². The lowest BCUT2D eigenvalue weighted by molar-refractivity contribution is 0.274. The van der Waals surface area contributed by atoms with Crippen molar-refractivity contribution in [1.29, 1.82) is 0 Å². The highest BCUT2D eigenvalue weighted by atomic mass is 14.9. The van der Waals surface area contributed by atoms with Gasteiger partial charge < -0.3 is 5.32 Å². The SMILES string of the molecule is Cc1cccc(CNCC2CCCC(C)C2)c1. The monoisotopic (exact) mass is 231 g/mol. The summed E-state index contributed by atoms with van der Waals surface area (Å²) in [6.45, 7) is 6.77. The van der Waals surface area contributed by atoms with Gasteiger partial charge >= 0.3 is 0 Å². The van der Waals surface area contributed by atoms with Gasteiger partial charge in [-0.3, -0.25) is 0 Å². The van der Waals surface area contributed by atoms with Crippen molar-refractivity contribution in [2.45, 2.75) is 46.1 Å². The summed E-state index contributed by atoms with van der Waals surface area (Å²) in [5.74, 6) is 1.85. The minimum atomic E-state index is 0.906. The molecular formula is C16H25N. The topological polar surface area (TPSA) is 12.0 Å². The lowest BCUT2D eigenvalue weighted by atomic mass is 9.82. The molecule has 0 aromatic heterocycles. The average Bonchev–Trinajstić information content (AvgIpc) is 2.29. The van der Waals surface area contributed by atoms with Crippen molar-refractivity contribution >= 4 is 0 Å². The molecule has 1 saturated carbocycles. The van der Waals surface area contributed by atoms with Crippen LogP contribution >= 0.6 is 0 Å². The van der Waals surface area contributed by atoms with E-state index in [2.05, 4.69) is 43.4 Å². The van der Waals surface area contributed by atoms with Gasteiger partial charge in [-0.05, 0) is 43.7 Å². The number of hydrogen-bond acceptors (Lipinski definition) is 1. The molecule has 1 heteroatoms. The Balaban J connectivity index is 1.72. The maximum absolute atomic E-state index is 3.62. The van der Waals surface area contributed by atoms with E-state index in [0.717, 1.165) is 18.4 Å². The third-order valence-corrected chi connectivity index (χ3v) is 3.89. The number of aryl methyl sites for hydroxylation is 1. The fourth-order valence-corrected chi connectivity index (χ4v) is 2.99. The van der Waals surface area contributed by atoms with E-state index in [1.54, 1.807) is 0 Å². The number of nitrogens with one attached hydrogen (secondary N) is 1. The number of benzene rings is 1. The molecule has 94 valence electrons. The van der Waals surface area contributed by atoms with Gasteiger partial charge in [-0.25, -0.2) is 0 Å². The minimum Gasteiger partial charge on any atom is -0.312 e. The molecule has 1 aromatic rings. The van der Waals surface area contributed by atoms with Crippen molar-refractivity contribution in [3.05, 3.63) is 35.4 Å². The van der Waals surface area contributed by atoms with Crippen LogP contribution in [-0.4, -0.2) is 6.54 Å². The molecule has 0 radical (unpaired) electrons. The maximum Gasteiger partial charge on any atom is 0.0205 e. The molecule has 0 bridgehead atoms. The molecule has 1 nitrogen and oxygen atoms in total. The van der Waals surface area contributed by atoms with Crippen molar-refractivity contribution in [3.8, 4) is 0 Å². The van der Waals surface area contributed by atoms with Gasteiger partial charge in [0.05, 0.1) is 0 Å². The van der Waals surface area contributed by atoms with Gasteiger partial charge in [-0.15, -0.1) is 0 Å². The molecule has 2 atom stereocenters. The molecule has 1 aliphatic rings. The Morgan fingerprint density at radius 3 is 2.94 bits per heavy atom. The van der Waals surface area contributed by atoms with Gasteiger partial charge in [0.1, 0.15) is 0 Å². The molecular weight excluding hydrogens is 206 g/mol. The van der Waals surface area contributed by atoms with E-state index < -0.39 is 0 Å². The smallest absolute Gasteiger partial charge is 0.0205 e. The van der Waals surface area contributed by atoms with Crippen LogP contribution in [-0.2, 0) is 6.54 Å². The van der Waals surface area contributed by atoms with Crippen LogP contribution in [0.3, 0.4) is 0 Å². The summed E-state index contributed by atoms with van der Waals surface area (Å²) < 4.78 is 0. The van der Waals surface area contributed by atoms with Crippen LogP contribution in [0, 0.1) is 18.8 Å². The van der Waals surface area contributed by atoms with Crippen LogP contribution in [0.15, 0.2) is 24.3 Å². The Morgan fingerprint density at radius 2 is 2.18 bits per heavy atom. The first-order chi connectivity index (χ1) is 8.24. The summed E-state index contributed by atoms with van der Waals surface area (Å²) in [5, 5.41) is 3.62. The minimum absolute atomic E-state index is 0.906. The third-order valence-electron chi connectivity index (χ3n) is 3.89. The molecule has 2 rings (SSSR count). The predicted molar refractivity (Wildman–Crippen MR) is 74.0 cm³/mol. The summed E-state index contributed by atoms with van der Waals surface area (Å²) in [6, 6.07) is 8.79. The van der Waals surface area contributed by atoms with Gasteiger partial charge in [0.25, 0.3) is 0 Å². The second kappa shape index (κ2) is 6.20. The second-order valence-electron chi connectivity index (χ2n) is 5.76. The molecule has 0 spiro atoms. The summed E-state index contributed by atoms with van der Waals surface area (Å²) in [4.78, 5) is 0. The number of hydrogen-bond donors (Lipinski definition) is 1. The highest BCUT2D eigenvalue weighted by Gasteiger charge is 2.17. The second-order valence-corrected chi connectivity index (χ2v) is 5.76. The standard InChI is InChI=1S/C16H25N/c1-13-5-3-7-15(9-13)11-17-12-16-8-4-6-14(2)10-16/h3,5,7,9,14,16-17H,4,6,8,10-12H2,1-2H3. The van der Waals surface area contributed by atoms with Crippen LogP contribution in [0.2, 0.25) is 0 Å². The Morgan fingerprint density at radius 1 is 1.29 bits per heavy atom. The van der Waals surface area contributed by atoms with Crippen LogP contribution in [0.4, 0.5) is 0 Å². The summed E-state index contributed by atoms with van der Waals surface area (Å²) in [6.07, 6.45) is 5.71. The Hall–Kier alpha value is -0.820. The van der Waals surface area contributed by atoms with Crippen molar-refractivity contribution in [3.63, 3.8) is 0 Å². The molecule has 0 saturated heterocycles. The van der Waals surface area contributed by atoms with Crippen molar-refractivity contribution < 1.29 is 0 Å². The van der Waals surface area contributed by atoms with Gasteiger partial charge in [0.15, 0.2) is 0 Å². The van der Waals surface area contributed by atoms with E-state index >= 15 is 0 Å². The highest BCUT2D eigenvalue weighted by Crippen LogP contribution is 2.27. The fourth-order valence-electron chi connectivity index (χ4n) is 2.99. The van der Waals surface area contributed by atoms with E-state index in [4.69, 9.17) is 0 Å². The summed E-state index contributed by atoms with van der Waals surface area (Å²) in [5.41, 5.74) is 2.77. The van der Waals surface area contributed by atoms with Gasteiger partial charge in [0.2, 0.25) is 0 Å².